The van der Waals surface area contributed by atoms with Crippen molar-refractivity contribution in [2.24, 2.45) is 5.92 Å². The van der Waals surface area contributed by atoms with Gasteiger partial charge in [0, 0.05) is 12.6 Å². The summed E-state index contributed by atoms with van der Waals surface area (Å²) < 4.78 is 5.39. The van der Waals surface area contributed by atoms with Crippen LogP contribution in [0.5, 0.6) is 0 Å². The molecule has 2 atom stereocenters. The molecule has 0 radical (unpaired) electrons. The van der Waals surface area contributed by atoms with Gasteiger partial charge in [-0.2, -0.15) is 0 Å². The van der Waals surface area contributed by atoms with Crippen LogP contribution in [0.3, 0.4) is 0 Å². The molecule has 186 valence electrons. The van der Waals surface area contributed by atoms with Gasteiger partial charge in [0.2, 0.25) is 11.8 Å². The Hall–Kier alpha value is -2.57. The number of amides is 3. The molecule has 7 heteroatoms. The zero-order valence-corrected chi connectivity index (χ0v) is 22.0. The minimum atomic E-state index is -0.806. The predicted molar refractivity (Wildman–Crippen MR) is 132 cm³/mol. The molecule has 0 saturated heterocycles. The van der Waals surface area contributed by atoms with Crippen LogP contribution in [-0.4, -0.2) is 47.0 Å². The number of nitrogens with zero attached hydrogens (tertiary/aromatic N) is 1. The smallest absolute Gasteiger partial charge is 0.408 e. The van der Waals surface area contributed by atoms with Gasteiger partial charge in [-0.3, -0.25) is 9.59 Å². The molecule has 2 unspecified atom stereocenters. The molecule has 1 rings (SSSR count). The van der Waals surface area contributed by atoms with Gasteiger partial charge in [0.15, 0.2) is 0 Å². The van der Waals surface area contributed by atoms with E-state index in [1.807, 2.05) is 66.7 Å². The van der Waals surface area contributed by atoms with E-state index in [1.54, 1.807) is 25.7 Å². The lowest BCUT2D eigenvalue weighted by Crippen LogP contribution is -2.53. The number of hydrogen-bond acceptors (Lipinski definition) is 4. The maximum atomic E-state index is 13.8. The molecular weight excluding hydrogens is 418 g/mol. The fourth-order valence-electron chi connectivity index (χ4n) is 3.68. The number of ether oxygens (including phenoxy) is 1. The molecule has 2 N–H and O–H groups in total. The summed E-state index contributed by atoms with van der Waals surface area (Å²) in [6, 6.07) is 4.21. The summed E-state index contributed by atoms with van der Waals surface area (Å²) in [5.41, 5.74) is 2.03. The van der Waals surface area contributed by atoms with Crippen LogP contribution in [0.15, 0.2) is 18.2 Å². The van der Waals surface area contributed by atoms with Gasteiger partial charge in [-0.15, -0.1) is 0 Å². The molecule has 0 saturated carbocycles. The third-order valence-corrected chi connectivity index (χ3v) is 5.04. The summed E-state index contributed by atoms with van der Waals surface area (Å²) in [5.74, 6) is -0.396. The number of benzene rings is 1. The largest absolute Gasteiger partial charge is 0.444 e. The molecule has 3 amide bonds. The summed E-state index contributed by atoms with van der Waals surface area (Å²) in [6.07, 6.45) is -0.215. The number of likely N-dealkylation sites (N-methyl/N-ethyl adjacent to an activating group) is 1. The molecule has 0 fully saturated rings. The highest BCUT2D eigenvalue weighted by Gasteiger charge is 2.36. The van der Waals surface area contributed by atoms with Gasteiger partial charge in [-0.05, 0) is 78.9 Å². The second-order valence-corrected chi connectivity index (χ2v) is 10.4. The Morgan fingerprint density at radius 3 is 2.12 bits per heavy atom. The van der Waals surface area contributed by atoms with E-state index < -0.39 is 23.8 Å². The van der Waals surface area contributed by atoms with Crippen molar-refractivity contribution in [2.75, 3.05) is 6.54 Å². The molecule has 0 bridgehead atoms. The fourth-order valence-corrected chi connectivity index (χ4v) is 3.68. The normalized spacial score (nSPS) is 13.5. The summed E-state index contributed by atoms with van der Waals surface area (Å²) in [5, 5.41) is 5.71. The van der Waals surface area contributed by atoms with E-state index in [2.05, 4.69) is 10.6 Å². The molecule has 33 heavy (non-hydrogen) atoms. The Morgan fingerprint density at radius 2 is 1.64 bits per heavy atom. The Kier molecular flexibility index (Phi) is 10.4. The van der Waals surface area contributed by atoms with Crippen molar-refractivity contribution in [1.29, 1.82) is 0 Å². The SMILES string of the molecule is CCN(C(=O)C(CC(C)C)NC(=O)OC(C)(C)C)C(C(=O)NC(C)C)c1cc(C)ccc1C. The number of alkyl carbamates (subject to hydrolysis) is 1. The van der Waals surface area contributed by atoms with Crippen molar-refractivity contribution in [3.05, 3.63) is 34.9 Å². The Balaban J connectivity index is 3.42. The van der Waals surface area contributed by atoms with Crippen LogP contribution < -0.4 is 10.6 Å². The van der Waals surface area contributed by atoms with E-state index in [0.717, 1.165) is 16.7 Å². The Morgan fingerprint density at radius 1 is 1.03 bits per heavy atom. The number of rotatable bonds is 9. The van der Waals surface area contributed by atoms with Gasteiger partial charge >= 0.3 is 6.09 Å². The molecule has 1 aromatic rings. The van der Waals surface area contributed by atoms with Crippen molar-refractivity contribution >= 4 is 17.9 Å². The van der Waals surface area contributed by atoms with Crippen molar-refractivity contribution in [3.63, 3.8) is 0 Å². The van der Waals surface area contributed by atoms with Crippen LogP contribution in [-0.2, 0) is 14.3 Å². The molecule has 0 aliphatic rings. The summed E-state index contributed by atoms with van der Waals surface area (Å²) >= 11 is 0. The summed E-state index contributed by atoms with van der Waals surface area (Å²) in [6.45, 7) is 19.1. The van der Waals surface area contributed by atoms with Crippen molar-refractivity contribution in [2.45, 2.75) is 99.4 Å². The lowest BCUT2D eigenvalue weighted by molar-refractivity contribution is -0.142. The average Bonchev–Trinajstić information content (AvgIpc) is 2.64. The number of aryl methyl sites for hydroxylation is 2. The number of hydrogen-bond donors (Lipinski definition) is 2. The fraction of sp³-hybridized carbons (Fsp3) is 0.654. The van der Waals surface area contributed by atoms with Crippen LogP contribution in [0, 0.1) is 19.8 Å². The van der Waals surface area contributed by atoms with E-state index in [0.29, 0.717) is 13.0 Å². The monoisotopic (exact) mass is 461 g/mol. The quantitative estimate of drug-likeness (QED) is 0.560. The van der Waals surface area contributed by atoms with Crippen LogP contribution in [0.4, 0.5) is 4.79 Å². The van der Waals surface area contributed by atoms with Gasteiger partial charge in [-0.1, -0.05) is 37.6 Å². The first-order valence-corrected chi connectivity index (χ1v) is 11.8. The van der Waals surface area contributed by atoms with Crippen LogP contribution in [0.2, 0.25) is 0 Å². The number of carbonyl (C=O) groups excluding carboxylic acids is 3. The average molecular weight is 462 g/mol. The van der Waals surface area contributed by atoms with Gasteiger partial charge in [0.25, 0.3) is 0 Å². The maximum Gasteiger partial charge on any atom is 0.408 e. The summed E-state index contributed by atoms with van der Waals surface area (Å²) in [7, 11) is 0. The topological polar surface area (TPSA) is 87.7 Å². The maximum absolute atomic E-state index is 13.8. The lowest BCUT2D eigenvalue weighted by Gasteiger charge is -2.35. The summed E-state index contributed by atoms with van der Waals surface area (Å²) in [4.78, 5) is 41.2. The highest BCUT2D eigenvalue weighted by Crippen LogP contribution is 2.27. The molecule has 0 aliphatic heterocycles. The first-order chi connectivity index (χ1) is 15.2. The van der Waals surface area contributed by atoms with Gasteiger partial charge in [0.05, 0.1) is 0 Å². The third kappa shape index (κ3) is 9.06. The molecule has 7 nitrogen and oxygen atoms in total. The zero-order valence-electron chi connectivity index (χ0n) is 22.0. The third-order valence-electron chi connectivity index (χ3n) is 5.04. The zero-order chi connectivity index (χ0) is 25.5. The first kappa shape index (κ1) is 28.5. The highest BCUT2D eigenvalue weighted by atomic mass is 16.6. The minimum Gasteiger partial charge on any atom is -0.444 e. The van der Waals surface area contributed by atoms with Gasteiger partial charge in [0.1, 0.15) is 17.7 Å². The Bertz CT molecular complexity index is 827. The van der Waals surface area contributed by atoms with Gasteiger partial charge in [-0.25, -0.2) is 4.79 Å². The van der Waals surface area contributed by atoms with E-state index in [1.165, 1.54) is 0 Å². The molecule has 0 aliphatic carbocycles. The number of nitrogens with one attached hydrogen (secondary N) is 2. The van der Waals surface area contributed by atoms with E-state index in [-0.39, 0.29) is 23.8 Å². The van der Waals surface area contributed by atoms with Crippen molar-refractivity contribution < 1.29 is 19.1 Å². The Labute approximate surface area is 199 Å². The molecule has 0 aromatic heterocycles. The minimum absolute atomic E-state index is 0.0785. The van der Waals surface area contributed by atoms with Crippen LogP contribution >= 0.6 is 0 Å². The second-order valence-electron chi connectivity index (χ2n) is 10.4. The lowest BCUT2D eigenvalue weighted by atomic mass is 9.95. The van der Waals surface area contributed by atoms with Crippen molar-refractivity contribution in [1.82, 2.24) is 15.5 Å². The second kappa shape index (κ2) is 12.1. The predicted octanol–water partition coefficient (Wildman–Crippen LogP) is 4.66. The van der Waals surface area contributed by atoms with E-state index in [4.69, 9.17) is 4.74 Å². The standard InChI is InChI=1S/C26H43N3O4/c1-11-29(24(31)21(14-16(2)3)28-25(32)33-26(8,9)10)22(23(30)27-17(4)5)20-15-18(6)12-13-19(20)7/h12-13,15-17,21-22H,11,14H2,1-10H3,(H,27,30)(H,28,32). The van der Waals surface area contributed by atoms with Crippen LogP contribution in [0.1, 0.15) is 84.5 Å². The number of carbonyl (C=O) groups is 3. The van der Waals surface area contributed by atoms with E-state index >= 15 is 0 Å². The van der Waals surface area contributed by atoms with E-state index in [9.17, 15) is 14.4 Å². The molecular formula is C26H43N3O4. The first-order valence-electron chi connectivity index (χ1n) is 11.8. The molecule has 1 aromatic carbocycles. The van der Waals surface area contributed by atoms with Crippen molar-refractivity contribution in [3.8, 4) is 0 Å². The molecule has 0 heterocycles. The van der Waals surface area contributed by atoms with Crippen LogP contribution in [0.25, 0.3) is 0 Å². The highest BCUT2D eigenvalue weighted by molar-refractivity contribution is 5.92. The van der Waals surface area contributed by atoms with Gasteiger partial charge < -0.3 is 20.3 Å². The molecule has 0 spiro atoms.